The van der Waals surface area contributed by atoms with Gasteiger partial charge in [0.1, 0.15) is 0 Å². The molecule has 1 aliphatic carbocycles. The number of likely N-dealkylation sites (tertiary alicyclic amines) is 1. The van der Waals surface area contributed by atoms with Crippen LogP contribution < -0.4 is 5.32 Å². The molecule has 1 aliphatic heterocycles. The van der Waals surface area contributed by atoms with Gasteiger partial charge in [-0.3, -0.25) is 14.4 Å². The van der Waals surface area contributed by atoms with Crippen molar-refractivity contribution in [1.29, 1.82) is 0 Å². The molecule has 3 rings (SSSR count). The molecule has 1 unspecified atom stereocenters. The predicted octanol–water partition coefficient (Wildman–Crippen LogP) is 1.52. The third-order valence-electron chi connectivity index (χ3n) is 4.58. The highest BCUT2D eigenvalue weighted by Crippen LogP contribution is 2.31. The summed E-state index contributed by atoms with van der Waals surface area (Å²) in [6.45, 7) is 2.31. The van der Waals surface area contributed by atoms with Crippen LogP contribution in [0, 0.1) is 5.41 Å². The normalized spacial score (nSPS) is 23.6. The summed E-state index contributed by atoms with van der Waals surface area (Å²) in [6.07, 6.45) is 2.51. The number of hydrogen-bond acceptors (Lipinski definition) is 3. The van der Waals surface area contributed by atoms with E-state index in [1.807, 2.05) is 0 Å². The summed E-state index contributed by atoms with van der Waals surface area (Å²) in [5.41, 5.74) is 0.132. The summed E-state index contributed by atoms with van der Waals surface area (Å²) in [5, 5.41) is 12.1. The predicted molar refractivity (Wildman–Crippen MR) is 83.2 cm³/mol. The van der Waals surface area contributed by atoms with Crippen molar-refractivity contribution in [2.24, 2.45) is 5.41 Å². The monoisotopic (exact) mass is 316 g/mol. The van der Waals surface area contributed by atoms with Crippen molar-refractivity contribution in [1.82, 2.24) is 10.2 Å². The highest BCUT2D eigenvalue weighted by Gasteiger charge is 2.42. The summed E-state index contributed by atoms with van der Waals surface area (Å²) < 4.78 is 0. The van der Waals surface area contributed by atoms with Crippen LogP contribution in [0.4, 0.5) is 0 Å². The third-order valence-corrected chi connectivity index (χ3v) is 4.58. The first-order valence-electron chi connectivity index (χ1n) is 7.83. The number of hydrogen-bond donors (Lipinski definition) is 2. The molecule has 1 saturated carbocycles. The molecule has 1 heterocycles. The van der Waals surface area contributed by atoms with Crippen LogP contribution in [0.25, 0.3) is 0 Å². The molecule has 2 N–H and O–H groups in total. The van der Waals surface area contributed by atoms with Crippen LogP contribution in [0.2, 0.25) is 0 Å². The van der Waals surface area contributed by atoms with E-state index in [2.05, 4.69) is 5.32 Å². The molecule has 1 saturated heterocycles. The number of carboxylic acid groups (broad SMARTS) is 1. The van der Waals surface area contributed by atoms with Crippen molar-refractivity contribution in [2.45, 2.75) is 32.2 Å². The highest BCUT2D eigenvalue weighted by atomic mass is 16.4. The van der Waals surface area contributed by atoms with Crippen molar-refractivity contribution in [3.8, 4) is 0 Å². The topological polar surface area (TPSA) is 86.7 Å². The number of aliphatic carboxylic acids is 1. The van der Waals surface area contributed by atoms with Crippen LogP contribution in [0.3, 0.4) is 0 Å². The maximum Gasteiger partial charge on any atom is 0.311 e. The zero-order chi connectivity index (χ0) is 16.6. The number of benzene rings is 1. The first-order chi connectivity index (χ1) is 10.9. The van der Waals surface area contributed by atoms with Gasteiger partial charge in [0.25, 0.3) is 11.8 Å². The van der Waals surface area contributed by atoms with Gasteiger partial charge in [-0.1, -0.05) is 0 Å². The maximum absolute atomic E-state index is 12.5. The fraction of sp³-hybridized carbons (Fsp3) is 0.471. The average Bonchev–Trinajstić information content (AvgIpc) is 3.25. The summed E-state index contributed by atoms with van der Waals surface area (Å²) >= 11 is 0. The van der Waals surface area contributed by atoms with E-state index in [9.17, 15) is 19.5 Å². The lowest BCUT2D eigenvalue weighted by Crippen LogP contribution is -2.34. The lowest BCUT2D eigenvalue weighted by molar-refractivity contribution is -0.147. The highest BCUT2D eigenvalue weighted by molar-refractivity contribution is 5.98. The van der Waals surface area contributed by atoms with Gasteiger partial charge in [0.05, 0.1) is 5.41 Å². The quantitative estimate of drug-likeness (QED) is 0.881. The number of amides is 2. The summed E-state index contributed by atoms with van der Waals surface area (Å²) in [6, 6.07) is 6.82. The molecular formula is C17H20N2O4. The number of nitrogens with one attached hydrogen (secondary N) is 1. The molecule has 1 aromatic rings. The molecule has 23 heavy (non-hydrogen) atoms. The SMILES string of the molecule is CC1(C(=O)O)CCN(C(=O)c2ccc(C(=O)NC3CC3)cc2)C1. The Balaban J connectivity index is 1.66. The molecule has 122 valence electrons. The smallest absolute Gasteiger partial charge is 0.311 e. The van der Waals surface area contributed by atoms with Gasteiger partial charge in [0.15, 0.2) is 0 Å². The molecule has 1 atom stereocenters. The maximum atomic E-state index is 12.5. The molecule has 0 radical (unpaired) electrons. The Labute approximate surface area is 134 Å². The molecule has 1 aromatic carbocycles. The Kier molecular flexibility index (Phi) is 3.83. The zero-order valence-electron chi connectivity index (χ0n) is 13.0. The second kappa shape index (κ2) is 5.68. The summed E-state index contributed by atoms with van der Waals surface area (Å²) in [5.74, 6) is -1.19. The fourth-order valence-corrected chi connectivity index (χ4v) is 2.75. The van der Waals surface area contributed by atoms with Gasteiger partial charge in [-0.25, -0.2) is 0 Å². The first kappa shape index (κ1) is 15.5. The zero-order valence-corrected chi connectivity index (χ0v) is 13.0. The van der Waals surface area contributed by atoms with E-state index in [-0.39, 0.29) is 18.4 Å². The van der Waals surface area contributed by atoms with Crippen LogP contribution in [0.15, 0.2) is 24.3 Å². The first-order valence-corrected chi connectivity index (χ1v) is 7.83. The summed E-state index contributed by atoms with van der Waals surface area (Å²) in [4.78, 5) is 37.2. The minimum Gasteiger partial charge on any atom is -0.481 e. The number of rotatable bonds is 4. The van der Waals surface area contributed by atoms with E-state index >= 15 is 0 Å². The Morgan fingerprint density at radius 3 is 2.30 bits per heavy atom. The van der Waals surface area contributed by atoms with E-state index < -0.39 is 11.4 Å². The van der Waals surface area contributed by atoms with E-state index in [4.69, 9.17) is 0 Å². The second-order valence-corrected chi connectivity index (χ2v) is 6.67. The number of carboxylic acids is 1. The Bertz CT molecular complexity index is 651. The second-order valence-electron chi connectivity index (χ2n) is 6.67. The van der Waals surface area contributed by atoms with E-state index in [0.29, 0.717) is 30.1 Å². The van der Waals surface area contributed by atoms with E-state index in [1.165, 1.54) is 0 Å². The van der Waals surface area contributed by atoms with Gasteiger partial charge in [-0.15, -0.1) is 0 Å². The van der Waals surface area contributed by atoms with Crippen molar-refractivity contribution in [2.75, 3.05) is 13.1 Å². The Morgan fingerprint density at radius 1 is 1.17 bits per heavy atom. The standard InChI is InChI=1S/C17H20N2O4/c1-17(16(22)23)8-9-19(10-17)15(21)12-4-2-11(3-5-12)14(20)18-13-6-7-13/h2-5,13H,6-10H2,1H3,(H,18,20)(H,22,23). The fourth-order valence-electron chi connectivity index (χ4n) is 2.75. The summed E-state index contributed by atoms with van der Waals surface area (Å²) in [7, 11) is 0. The van der Waals surface area contributed by atoms with Gasteiger partial charge < -0.3 is 15.3 Å². The molecule has 2 aliphatic rings. The molecule has 0 spiro atoms. The number of carbonyl (C=O) groups is 3. The van der Waals surface area contributed by atoms with Crippen LogP contribution >= 0.6 is 0 Å². The molecule has 0 bridgehead atoms. The van der Waals surface area contributed by atoms with Crippen molar-refractivity contribution < 1.29 is 19.5 Å². The number of carbonyl (C=O) groups excluding carboxylic acids is 2. The van der Waals surface area contributed by atoms with Gasteiger partial charge in [0, 0.05) is 30.3 Å². The van der Waals surface area contributed by atoms with E-state index in [1.54, 1.807) is 36.1 Å². The third kappa shape index (κ3) is 3.21. The van der Waals surface area contributed by atoms with Crippen LogP contribution in [-0.2, 0) is 4.79 Å². The Hall–Kier alpha value is -2.37. The lowest BCUT2D eigenvalue weighted by Gasteiger charge is -2.20. The van der Waals surface area contributed by atoms with Crippen LogP contribution in [0.1, 0.15) is 46.9 Å². The van der Waals surface area contributed by atoms with Crippen molar-refractivity contribution in [3.63, 3.8) is 0 Å². The molecule has 0 aromatic heterocycles. The van der Waals surface area contributed by atoms with Gasteiger partial charge in [-0.05, 0) is 50.5 Å². The largest absolute Gasteiger partial charge is 0.481 e. The van der Waals surface area contributed by atoms with Crippen molar-refractivity contribution >= 4 is 17.8 Å². The van der Waals surface area contributed by atoms with Crippen LogP contribution in [-0.4, -0.2) is 46.9 Å². The average molecular weight is 316 g/mol. The lowest BCUT2D eigenvalue weighted by atomic mass is 9.90. The van der Waals surface area contributed by atoms with Crippen LogP contribution in [0.5, 0.6) is 0 Å². The van der Waals surface area contributed by atoms with E-state index in [0.717, 1.165) is 12.8 Å². The van der Waals surface area contributed by atoms with Gasteiger partial charge >= 0.3 is 5.97 Å². The minimum atomic E-state index is -0.875. The number of nitrogens with zero attached hydrogens (tertiary/aromatic N) is 1. The molecular weight excluding hydrogens is 296 g/mol. The Morgan fingerprint density at radius 2 is 1.78 bits per heavy atom. The molecule has 6 nitrogen and oxygen atoms in total. The minimum absolute atomic E-state index is 0.119. The van der Waals surface area contributed by atoms with Gasteiger partial charge in [0.2, 0.25) is 0 Å². The molecule has 6 heteroatoms. The molecule has 2 amide bonds. The van der Waals surface area contributed by atoms with Gasteiger partial charge in [-0.2, -0.15) is 0 Å². The molecule has 2 fully saturated rings. The van der Waals surface area contributed by atoms with Crippen molar-refractivity contribution in [3.05, 3.63) is 35.4 Å².